The molecule has 1 aromatic heterocycles. The molecule has 9 heteroatoms. The van der Waals surface area contributed by atoms with E-state index < -0.39 is 10.0 Å². The lowest BCUT2D eigenvalue weighted by atomic mass is 10.3. The molecule has 2 rings (SSSR count). The highest BCUT2D eigenvalue weighted by Gasteiger charge is 2.16. The first-order chi connectivity index (χ1) is 9.88. The van der Waals surface area contributed by atoms with E-state index in [2.05, 4.69) is 4.72 Å². The van der Waals surface area contributed by atoms with Crippen LogP contribution in [0.15, 0.2) is 27.9 Å². The topological polar surface area (TPSA) is 99.1 Å². The molecule has 1 heterocycles. The van der Waals surface area contributed by atoms with Crippen LogP contribution in [0, 0.1) is 0 Å². The predicted octanol–water partition coefficient (Wildman–Crippen LogP) is 0.316. The Hall–Kier alpha value is -1.35. The summed E-state index contributed by atoms with van der Waals surface area (Å²) in [5.74, 6) is 0. The van der Waals surface area contributed by atoms with Crippen LogP contribution in [-0.2, 0) is 24.1 Å². The fourth-order valence-electron chi connectivity index (χ4n) is 2.21. The molecule has 0 saturated heterocycles. The number of rotatable bonds is 6. The van der Waals surface area contributed by atoms with Crippen LogP contribution in [0.1, 0.15) is 12.8 Å². The van der Waals surface area contributed by atoms with Gasteiger partial charge in [-0.15, -0.1) is 12.4 Å². The summed E-state index contributed by atoms with van der Waals surface area (Å²) in [7, 11) is -0.291. The van der Waals surface area contributed by atoms with Gasteiger partial charge in [0, 0.05) is 20.6 Å². The maximum Gasteiger partial charge on any atom is 0.328 e. The van der Waals surface area contributed by atoms with Crippen LogP contribution >= 0.6 is 12.4 Å². The Kier molecular flexibility index (Phi) is 6.18. The number of aryl methyl sites for hydroxylation is 2. The van der Waals surface area contributed by atoms with Gasteiger partial charge in [-0.05, 0) is 37.6 Å². The number of imidazole rings is 1. The van der Waals surface area contributed by atoms with E-state index >= 15 is 0 Å². The molecule has 0 bridgehead atoms. The normalized spacial score (nSPS) is 11.6. The van der Waals surface area contributed by atoms with Gasteiger partial charge in [0.15, 0.2) is 0 Å². The van der Waals surface area contributed by atoms with E-state index in [0.29, 0.717) is 30.5 Å². The number of fused-ring (bicyclic) bond motifs is 1. The zero-order chi connectivity index (χ0) is 15.6. The van der Waals surface area contributed by atoms with E-state index in [1.165, 1.54) is 21.3 Å². The molecule has 2 aromatic rings. The summed E-state index contributed by atoms with van der Waals surface area (Å²) in [5, 5.41) is 0. The first-order valence-electron chi connectivity index (χ1n) is 6.73. The molecule has 3 N–H and O–H groups in total. The molecule has 0 fully saturated rings. The zero-order valence-electron chi connectivity index (χ0n) is 12.6. The van der Waals surface area contributed by atoms with Crippen molar-refractivity contribution in [3.8, 4) is 0 Å². The van der Waals surface area contributed by atoms with Crippen LogP contribution < -0.4 is 16.1 Å². The average Bonchev–Trinajstić information content (AvgIpc) is 2.68. The van der Waals surface area contributed by atoms with E-state index in [-0.39, 0.29) is 23.0 Å². The number of benzene rings is 1. The zero-order valence-corrected chi connectivity index (χ0v) is 14.2. The standard InChI is InChI=1S/C13H20N4O3S.ClH/c1-16-11-6-5-10(9-12(11)17(2)13(16)18)21(19,20)15-8-4-3-7-14;/h5-6,9,15H,3-4,7-8,14H2,1-2H3;1H. The number of nitrogens with two attached hydrogens (primary N) is 1. The monoisotopic (exact) mass is 348 g/mol. The Balaban J connectivity index is 0.00000242. The second-order valence-electron chi connectivity index (χ2n) is 4.94. The van der Waals surface area contributed by atoms with Crippen LogP contribution in [0.25, 0.3) is 11.0 Å². The molecule has 124 valence electrons. The van der Waals surface area contributed by atoms with Gasteiger partial charge in [0.05, 0.1) is 15.9 Å². The average molecular weight is 349 g/mol. The predicted molar refractivity (Wildman–Crippen MR) is 88.9 cm³/mol. The molecule has 0 atom stereocenters. The highest BCUT2D eigenvalue weighted by Crippen LogP contribution is 2.17. The highest BCUT2D eigenvalue weighted by atomic mass is 35.5. The van der Waals surface area contributed by atoms with Gasteiger partial charge in [0.1, 0.15) is 0 Å². The molecule has 22 heavy (non-hydrogen) atoms. The minimum atomic E-state index is -3.57. The van der Waals surface area contributed by atoms with Crippen LogP contribution in [0.4, 0.5) is 0 Å². The molecule has 7 nitrogen and oxygen atoms in total. The third-order valence-corrected chi connectivity index (χ3v) is 4.94. The lowest BCUT2D eigenvalue weighted by Crippen LogP contribution is -2.25. The number of sulfonamides is 1. The third-order valence-electron chi connectivity index (χ3n) is 3.48. The number of hydrogen-bond donors (Lipinski definition) is 2. The van der Waals surface area contributed by atoms with Gasteiger partial charge in [0.25, 0.3) is 0 Å². The van der Waals surface area contributed by atoms with Crippen molar-refractivity contribution in [2.45, 2.75) is 17.7 Å². The van der Waals surface area contributed by atoms with Crippen molar-refractivity contribution < 1.29 is 8.42 Å². The Morgan fingerprint density at radius 3 is 2.41 bits per heavy atom. The van der Waals surface area contributed by atoms with Crippen molar-refractivity contribution in [3.63, 3.8) is 0 Å². The van der Waals surface area contributed by atoms with Crippen molar-refractivity contribution in [1.29, 1.82) is 0 Å². The molecule has 0 aliphatic rings. The van der Waals surface area contributed by atoms with Crippen molar-refractivity contribution in [2.75, 3.05) is 13.1 Å². The quantitative estimate of drug-likeness (QED) is 0.734. The molecule has 1 aromatic carbocycles. The lowest BCUT2D eigenvalue weighted by molar-refractivity contribution is 0.577. The van der Waals surface area contributed by atoms with Crippen LogP contribution in [0.5, 0.6) is 0 Å². The molecule has 0 radical (unpaired) electrons. The Bertz CT molecular complexity index is 811. The van der Waals surface area contributed by atoms with E-state index in [1.807, 2.05) is 0 Å². The second-order valence-corrected chi connectivity index (χ2v) is 6.71. The summed E-state index contributed by atoms with van der Waals surface area (Å²) < 4.78 is 29.9. The lowest BCUT2D eigenvalue weighted by Gasteiger charge is -2.07. The van der Waals surface area contributed by atoms with Crippen molar-refractivity contribution >= 4 is 33.5 Å². The third kappa shape index (κ3) is 3.52. The van der Waals surface area contributed by atoms with Gasteiger partial charge in [0.2, 0.25) is 10.0 Å². The van der Waals surface area contributed by atoms with Crippen molar-refractivity contribution in [3.05, 3.63) is 28.7 Å². The summed E-state index contributed by atoms with van der Waals surface area (Å²) in [6, 6.07) is 4.67. The van der Waals surface area contributed by atoms with Gasteiger partial charge in [-0.1, -0.05) is 0 Å². The van der Waals surface area contributed by atoms with Gasteiger partial charge < -0.3 is 5.73 Å². The minimum absolute atomic E-state index is 0. The SMILES string of the molecule is Cl.Cn1c(=O)n(C)c2cc(S(=O)(=O)NCCCCN)ccc21. The van der Waals surface area contributed by atoms with Gasteiger partial charge in [-0.3, -0.25) is 9.13 Å². The molecular formula is C13H21ClN4O3S. The maximum atomic E-state index is 12.2. The first kappa shape index (κ1) is 18.7. The molecule has 0 aliphatic heterocycles. The fraction of sp³-hybridized carbons (Fsp3) is 0.462. The maximum absolute atomic E-state index is 12.2. The minimum Gasteiger partial charge on any atom is -0.330 e. The van der Waals surface area contributed by atoms with E-state index in [1.54, 1.807) is 20.2 Å². The number of aromatic nitrogens is 2. The van der Waals surface area contributed by atoms with E-state index in [9.17, 15) is 13.2 Å². The molecule has 0 amide bonds. The summed E-state index contributed by atoms with van der Waals surface area (Å²) >= 11 is 0. The van der Waals surface area contributed by atoms with Crippen molar-refractivity contribution in [1.82, 2.24) is 13.9 Å². The van der Waals surface area contributed by atoms with Gasteiger partial charge >= 0.3 is 5.69 Å². The molecule has 0 spiro atoms. The largest absolute Gasteiger partial charge is 0.330 e. The Morgan fingerprint density at radius 2 is 1.77 bits per heavy atom. The summed E-state index contributed by atoms with van der Waals surface area (Å²) in [6.45, 7) is 0.894. The van der Waals surface area contributed by atoms with Gasteiger partial charge in [-0.2, -0.15) is 0 Å². The highest BCUT2D eigenvalue weighted by molar-refractivity contribution is 7.89. The molecule has 0 unspecified atom stereocenters. The van der Waals surface area contributed by atoms with E-state index in [0.717, 1.165) is 6.42 Å². The summed E-state index contributed by atoms with van der Waals surface area (Å²) in [6.07, 6.45) is 1.47. The second kappa shape index (κ2) is 7.28. The summed E-state index contributed by atoms with van der Waals surface area (Å²) in [5.41, 5.74) is 6.48. The molecular weight excluding hydrogens is 328 g/mol. The van der Waals surface area contributed by atoms with Crippen LogP contribution in [0.3, 0.4) is 0 Å². The van der Waals surface area contributed by atoms with Crippen LogP contribution in [-0.4, -0.2) is 30.6 Å². The van der Waals surface area contributed by atoms with E-state index in [4.69, 9.17) is 5.73 Å². The Labute approximate surface area is 135 Å². The smallest absolute Gasteiger partial charge is 0.328 e. The molecule has 0 saturated carbocycles. The number of nitrogens with zero attached hydrogens (tertiary/aromatic N) is 2. The van der Waals surface area contributed by atoms with Gasteiger partial charge in [-0.25, -0.2) is 17.9 Å². The number of hydrogen-bond acceptors (Lipinski definition) is 4. The molecule has 0 aliphatic carbocycles. The first-order valence-corrected chi connectivity index (χ1v) is 8.22. The number of nitrogens with one attached hydrogen (secondary N) is 1. The number of unbranched alkanes of at least 4 members (excludes halogenated alkanes) is 1. The van der Waals surface area contributed by atoms with Crippen molar-refractivity contribution in [2.24, 2.45) is 19.8 Å². The fourth-order valence-corrected chi connectivity index (χ4v) is 3.31. The Morgan fingerprint density at radius 1 is 1.14 bits per heavy atom. The number of halogens is 1. The summed E-state index contributed by atoms with van der Waals surface area (Å²) in [4.78, 5) is 12.0. The van der Waals surface area contributed by atoms with Crippen LogP contribution in [0.2, 0.25) is 0 Å².